The van der Waals surface area contributed by atoms with Crippen LogP contribution in [-0.2, 0) is 10.1 Å². The summed E-state index contributed by atoms with van der Waals surface area (Å²) in [7, 11) is -4.12. The first-order chi connectivity index (χ1) is 5.84. The Hall–Kier alpha value is 0.870. The van der Waals surface area contributed by atoms with Crippen molar-refractivity contribution in [1.82, 2.24) is 0 Å². The average Bonchev–Trinajstić information content (AvgIpc) is 1.95. The van der Waals surface area contributed by atoms with E-state index in [1.54, 1.807) is 6.92 Å². The van der Waals surface area contributed by atoms with Gasteiger partial charge >= 0.3 is 29.6 Å². The van der Waals surface area contributed by atoms with E-state index in [-0.39, 0.29) is 35.7 Å². The van der Waals surface area contributed by atoms with Crippen LogP contribution in [0.15, 0.2) is 0 Å². The van der Waals surface area contributed by atoms with Crippen molar-refractivity contribution in [2.24, 2.45) is 0 Å². The molecule has 0 saturated carbocycles. The van der Waals surface area contributed by atoms with E-state index in [2.05, 4.69) is 0 Å². The first-order valence-corrected chi connectivity index (χ1v) is 5.94. The third kappa shape index (κ3) is 9.43. The number of aliphatic hydroxyl groups is 1. The van der Waals surface area contributed by atoms with Gasteiger partial charge in [-0.15, -0.1) is 0 Å². The molecule has 4 nitrogen and oxygen atoms in total. The number of hydrogen-bond acceptors (Lipinski definition) is 4. The van der Waals surface area contributed by atoms with Crippen molar-refractivity contribution in [3.05, 3.63) is 0 Å². The predicted octanol–water partition coefficient (Wildman–Crippen LogP) is -2.13. The zero-order valence-electron chi connectivity index (χ0n) is 9.06. The second-order valence-corrected chi connectivity index (χ2v) is 5.23. The minimum atomic E-state index is -4.12. The standard InChI is InChI=1S/C8H18O4S.Na/c1-7(9)5-3-4-6-8(2)13(10,11)12;/h7-9H,3-6H2,1-2H3,(H,10,11,12);/q;+1/p-1. The summed E-state index contributed by atoms with van der Waals surface area (Å²) < 4.78 is 31.4. The van der Waals surface area contributed by atoms with E-state index in [0.717, 1.165) is 6.42 Å². The molecule has 0 aliphatic heterocycles. The summed E-state index contributed by atoms with van der Waals surface area (Å²) in [5.74, 6) is 0. The maximum absolute atomic E-state index is 10.5. The van der Waals surface area contributed by atoms with Gasteiger partial charge in [-0.1, -0.05) is 12.8 Å². The number of aliphatic hydroxyl groups excluding tert-OH is 1. The summed E-state index contributed by atoms with van der Waals surface area (Å²) in [5.41, 5.74) is 0. The van der Waals surface area contributed by atoms with Crippen molar-refractivity contribution in [3.63, 3.8) is 0 Å². The van der Waals surface area contributed by atoms with E-state index < -0.39 is 15.4 Å². The second-order valence-electron chi connectivity index (χ2n) is 3.44. The monoisotopic (exact) mass is 232 g/mol. The fraction of sp³-hybridized carbons (Fsp3) is 1.00. The molecule has 1 N–H and O–H groups in total. The summed E-state index contributed by atoms with van der Waals surface area (Å²) in [6.45, 7) is 3.11. The molecule has 14 heavy (non-hydrogen) atoms. The molecule has 0 heterocycles. The van der Waals surface area contributed by atoms with Crippen LogP contribution < -0.4 is 29.6 Å². The van der Waals surface area contributed by atoms with Crippen molar-refractivity contribution < 1.29 is 47.6 Å². The van der Waals surface area contributed by atoms with E-state index in [4.69, 9.17) is 5.11 Å². The zero-order chi connectivity index (χ0) is 10.5. The molecular formula is C8H17NaO4S. The van der Waals surface area contributed by atoms with Gasteiger partial charge in [0, 0.05) is 5.25 Å². The Labute approximate surface area is 108 Å². The predicted molar refractivity (Wildman–Crippen MR) is 49.3 cm³/mol. The van der Waals surface area contributed by atoms with E-state index in [1.807, 2.05) is 0 Å². The zero-order valence-corrected chi connectivity index (χ0v) is 11.9. The Morgan fingerprint density at radius 2 is 1.64 bits per heavy atom. The Morgan fingerprint density at radius 3 is 2.00 bits per heavy atom. The first kappa shape index (κ1) is 17.3. The summed E-state index contributed by atoms with van der Waals surface area (Å²) >= 11 is 0. The summed E-state index contributed by atoms with van der Waals surface area (Å²) in [4.78, 5) is 0. The van der Waals surface area contributed by atoms with Crippen molar-refractivity contribution >= 4 is 10.1 Å². The quantitative estimate of drug-likeness (QED) is 0.322. The van der Waals surface area contributed by atoms with Crippen LogP contribution in [0.4, 0.5) is 0 Å². The summed E-state index contributed by atoms with van der Waals surface area (Å²) in [5, 5.41) is 8.09. The van der Waals surface area contributed by atoms with Crippen LogP contribution in [0.3, 0.4) is 0 Å². The molecule has 0 spiro atoms. The molecule has 0 rings (SSSR count). The normalized spacial score (nSPS) is 15.7. The molecule has 0 aromatic rings. The van der Waals surface area contributed by atoms with Crippen LogP contribution in [0.5, 0.6) is 0 Å². The Morgan fingerprint density at radius 1 is 1.21 bits per heavy atom. The van der Waals surface area contributed by atoms with Crippen LogP contribution in [-0.4, -0.2) is 29.4 Å². The maximum atomic E-state index is 10.5. The third-order valence-electron chi connectivity index (χ3n) is 1.98. The fourth-order valence-corrected chi connectivity index (χ4v) is 1.47. The molecule has 2 unspecified atom stereocenters. The molecule has 0 fully saturated rings. The smallest absolute Gasteiger partial charge is 0.748 e. The topological polar surface area (TPSA) is 77.4 Å². The maximum Gasteiger partial charge on any atom is 1.00 e. The van der Waals surface area contributed by atoms with Gasteiger partial charge in [-0.2, -0.15) is 0 Å². The minimum Gasteiger partial charge on any atom is -0.748 e. The molecular weight excluding hydrogens is 215 g/mol. The summed E-state index contributed by atoms with van der Waals surface area (Å²) in [6, 6.07) is 0. The molecule has 0 amide bonds. The van der Waals surface area contributed by atoms with Gasteiger partial charge < -0.3 is 9.66 Å². The van der Waals surface area contributed by atoms with Crippen LogP contribution >= 0.6 is 0 Å². The van der Waals surface area contributed by atoms with Crippen LogP contribution in [0.25, 0.3) is 0 Å². The Bertz CT molecular complexity index is 225. The van der Waals surface area contributed by atoms with Gasteiger partial charge in [0.25, 0.3) is 0 Å². The van der Waals surface area contributed by atoms with Crippen molar-refractivity contribution in [3.8, 4) is 0 Å². The van der Waals surface area contributed by atoms with Crippen molar-refractivity contribution in [2.45, 2.75) is 50.9 Å². The molecule has 0 aromatic carbocycles. The molecule has 0 radical (unpaired) electrons. The van der Waals surface area contributed by atoms with Crippen molar-refractivity contribution in [1.29, 1.82) is 0 Å². The van der Waals surface area contributed by atoms with Crippen LogP contribution in [0, 0.1) is 0 Å². The molecule has 2 atom stereocenters. The van der Waals surface area contributed by atoms with Crippen molar-refractivity contribution in [2.75, 3.05) is 0 Å². The van der Waals surface area contributed by atoms with Crippen LogP contribution in [0.2, 0.25) is 0 Å². The van der Waals surface area contributed by atoms with Gasteiger partial charge in [0.15, 0.2) is 0 Å². The Kier molecular flexibility index (Phi) is 9.96. The molecule has 6 heteroatoms. The molecule has 80 valence electrons. The molecule has 0 aliphatic carbocycles. The average molecular weight is 232 g/mol. The van der Waals surface area contributed by atoms with Gasteiger partial charge in [0.1, 0.15) is 0 Å². The first-order valence-electron chi connectivity index (χ1n) is 4.47. The van der Waals surface area contributed by atoms with Gasteiger partial charge in [0.05, 0.1) is 16.2 Å². The molecule has 0 aliphatic rings. The van der Waals surface area contributed by atoms with E-state index >= 15 is 0 Å². The van der Waals surface area contributed by atoms with Gasteiger partial charge in [-0.3, -0.25) is 0 Å². The van der Waals surface area contributed by atoms with Gasteiger partial charge in [-0.05, 0) is 26.7 Å². The second kappa shape index (κ2) is 8.07. The number of rotatable bonds is 6. The Balaban J connectivity index is 0. The van der Waals surface area contributed by atoms with Crippen LogP contribution in [0.1, 0.15) is 39.5 Å². The summed E-state index contributed by atoms with van der Waals surface area (Å²) in [6.07, 6.45) is 2.13. The largest absolute Gasteiger partial charge is 1.00 e. The third-order valence-corrected chi connectivity index (χ3v) is 3.20. The van der Waals surface area contributed by atoms with Gasteiger partial charge in [0.2, 0.25) is 0 Å². The minimum absolute atomic E-state index is 0. The number of unbranched alkanes of at least 4 members (excludes halogenated alkanes) is 1. The SMILES string of the molecule is CC(O)CCCCC(C)S(=O)(=O)[O-].[Na+]. The van der Waals surface area contributed by atoms with E-state index in [0.29, 0.717) is 19.3 Å². The van der Waals surface area contributed by atoms with E-state index in [1.165, 1.54) is 6.92 Å². The fourth-order valence-electron chi connectivity index (χ4n) is 1.02. The molecule has 0 saturated heterocycles. The molecule has 0 aromatic heterocycles. The molecule has 0 bridgehead atoms. The van der Waals surface area contributed by atoms with Gasteiger partial charge in [-0.25, -0.2) is 8.42 Å². The van der Waals surface area contributed by atoms with E-state index in [9.17, 15) is 13.0 Å². The number of hydrogen-bond donors (Lipinski definition) is 1.